The van der Waals surface area contributed by atoms with Gasteiger partial charge in [-0.25, -0.2) is 4.98 Å². The molecule has 0 saturated heterocycles. The minimum absolute atomic E-state index is 0.00392. The van der Waals surface area contributed by atoms with Crippen molar-refractivity contribution in [2.45, 2.75) is 32.4 Å². The largest absolute Gasteiger partial charge is 0.333 e. The third-order valence-electron chi connectivity index (χ3n) is 4.83. The molecule has 1 atom stereocenters. The lowest BCUT2D eigenvalue weighted by molar-refractivity contribution is 0.0665. The Hall–Kier alpha value is -2.63. The van der Waals surface area contributed by atoms with Crippen molar-refractivity contribution in [3.05, 3.63) is 48.2 Å². The van der Waals surface area contributed by atoms with E-state index in [9.17, 15) is 4.79 Å². The summed E-state index contributed by atoms with van der Waals surface area (Å²) in [5, 5.41) is 5.42. The zero-order valence-electron chi connectivity index (χ0n) is 14.0. The van der Waals surface area contributed by atoms with Gasteiger partial charge < -0.3 is 9.47 Å². The molecule has 0 fully saturated rings. The molecule has 1 aliphatic rings. The predicted molar refractivity (Wildman–Crippen MR) is 91.6 cm³/mol. The van der Waals surface area contributed by atoms with Gasteiger partial charge in [-0.1, -0.05) is 25.1 Å². The average molecular weight is 323 g/mol. The van der Waals surface area contributed by atoms with Gasteiger partial charge in [0.2, 0.25) is 0 Å². The van der Waals surface area contributed by atoms with Crippen LogP contribution in [0.2, 0.25) is 0 Å². The lowest BCUT2D eigenvalue weighted by Crippen LogP contribution is -2.35. The van der Waals surface area contributed by atoms with E-state index in [-0.39, 0.29) is 11.9 Å². The van der Waals surface area contributed by atoms with Crippen LogP contribution in [-0.4, -0.2) is 36.7 Å². The zero-order chi connectivity index (χ0) is 16.7. The first-order valence-electron chi connectivity index (χ1n) is 8.44. The molecule has 1 amide bonds. The van der Waals surface area contributed by atoms with Crippen molar-refractivity contribution in [2.75, 3.05) is 6.54 Å². The standard InChI is InChI=1S/C18H21N5O/c1-3-14-17-19-9-12-22(17)10-6-11-23(14)18(24)16-13-7-4-5-8-15(13)21(2)20-16/h4-5,7-9,12,14H,3,6,10-11H2,1-2H3. The van der Waals surface area contributed by atoms with Gasteiger partial charge in [0.25, 0.3) is 5.91 Å². The molecule has 2 aromatic heterocycles. The van der Waals surface area contributed by atoms with Crippen LogP contribution in [-0.2, 0) is 13.6 Å². The molecule has 0 bridgehead atoms. The van der Waals surface area contributed by atoms with Gasteiger partial charge in [0.15, 0.2) is 5.69 Å². The highest BCUT2D eigenvalue weighted by molar-refractivity contribution is 6.05. The molecule has 0 saturated carbocycles. The number of aromatic nitrogens is 4. The first kappa shape index (κ1) is 14.9. The van der Waals surface area contributed by atoms with Gasteiger partial charge in [0, 0.05) is 37.9 Å². The molecule has 4 rings (SSSR count). The van der Waals surface area contributed by atoms with Crippen LogP contribution in [0.5, 0.6) is 0 Å². The Morgan fingerprint density at radius 2 is 2.12 bits per heavy atom. The number of benzene rings is 1. The van der Waals surface area contributed by atoms with E-state index in [1.165, 1.54) is 0 Å². The van der Waals surface area contributed by atoms with Crippen molar-refractivity contribution in [3.8, 4) is 0 Å². The van der Waals surface area contributed by atoms with Crippen LogP contribution in [0.3, 0.4) is 0 Å². The maximum atomic E-state index is 13.3. The summed E-state index contributed by atoms with van der Waals surface area (Å²) in [7, 11) is 1.88. The van der Waals surface area contributed by atoms with E-state index in [4.69, 9.17) is 0 Å². The van der Waals surface area contributed by atoms with E-state index in [0.29, 0.717) is 5.69 Å². The summed E-state index contributed by atoms with van der Waals surface area (Å²) >= 11 is 0. The van der Waals surface area contributed by atoms with Crippen molar-refractivity contribution < 1.29 is 4.79 Å². The van der Waals surface area contributed by atoms with Crippen molar-refractivity contribution in [2.24, 2.45) is 7.05 Å². The topological polar surface area (TPSA) is 56.0 Å². The fourth-order valence-electron chi connectivity index (χ4n) is 3.67. The molecule has 124 valence electrons. The zero-order valence-corrected chi connectivity index (χ0v) is 14.0. The smallest absolute Gasteiger partial charge is 0.275 e. The number of carbonyl (C=O) groups excluding carboxylic acids is 1. The van der Waals surface area contributed by atoms with Gasteiger partial charge in [0.1, 0.15) is 5.82 Å². The third kappa shape index (κ3) is 2.21. The van der Waals surface area contributed by atoms with Crippen LogP contribution in [0.15, 0.2) is 36.7 Å². The van der Waals surface area contributed by atoms with Gasteiger partial charge in [-0.15, -0.1) is 0 Å². The van der Waals surface area contributed by atoms with Crippen LogP contribution in [0, 0.1) is 0 Å². The molecule has 3 heterocycles. The summed E-state index contributed by atoms with van der Waals surface area (Å²) in [4.78, 5) is 19.7. The summed E-state index contributed by atoms with van der Waals surface area (Å²) in [6.07, 6.45) is 5.59. The maximum Gasteiger partial charge on any atom is 0.275 e. The Morgan fingerprint density at radius 3 is 2.96 bits per heavy atom. The monoisotopic (exact) mass is 323 g/mol. The molecule has 1 unspecified atom stereocenters. The lowest BCUT2D eigenvalue weighted by Gasteiger charge is -2.28. The highest BCUT2D eigenvalue weighted by Gasteiger charge is 2.32. The second-order valence-corrected chi connectivity index (χ2v) is 6.24. The number of rotatable bonds is 2. The number of nitrogens with zero attached hydrogens (tertiary/aromatic N) is 5. The van der Waals surface area contributed by atoms with Crippen LogP contribution in [0.25, 0.3) is 10.9 Å². The Labute approximate surface area is 140 Å². The molecule has 0 N–H and O–H groups in total. The predicted octanol–water partition coefficient (Wildman–Crippen LogP) is 2.77. The van der Waals surface area contributed by atoms with Gasteiger partial charge in [-0.3, -0.25) is 9.48 Å². The summed E-state index contributed by atoms with van der Waals surface area (Å²) in [6.45, 7) is 3.73. The number of hydrogen-bond acceptors (Lipinski definition) is 3. The number of amides is 1. The van der Waals surface area contributed by atoms with Crippen molar-refractivity contribution in [3.63, 3.8) is 0 Å². The van der Waals surface area contributed by atoms with Crippen LogP contribution in [0.4, 0.5) is 0 Å². The maximum absolute atomic E-state index is 13.3. The van der Waals surface area contributed by atoms with E-state index < -0.39 is 0 Å². The van der Waals surface area contributed by atoms with Crippen LogP contribution in [0.1, 0.15) is 42.1 Å². The summed E-state index contributed by atoms with van der Waals surface area (Å²) in [5.74, 6) is 0.971. The first-order valence-corrected chi connectivity index (χ1v) is 8.44. The fraction of sp³-hybridized carbons (Fsp3) is 0.389. The van der Waals surface area contributed by atoms with Gasteiger partial charge in [-0.2, -0.15) is 5.10 Å². The fourth-order valence-corrected chi connectivity index (χ4v) is 3.67. The number of aryl methyl sites for hydroxylation is 2. The quantitative estimate of drug-likeness (QED) is 0.729. The Bertz CT molecular complexity index is 894. The number of hydrogen-bond donors (Lipinski definition) is 0. The molecular weight excluding hydrogens is 302 g/mol. The summed E-state index contributed by atoms with van der Waals surface area (Å²) in [6, 6.07) is 7.87. The van der Waals surface area contributed by atoms with Gasteiger partial charge in [-0.05, 0) is 18.9 Å². The number of carbonyl (C=O) groups is 1. The molecule has 0 spiro atoms. The molecule has 0 radical (unpaired) electrons. The summed E-state index contributed by atoms with van der Waals surface area (Å²) in [5.41, 5.74) is 1.51. The molecule has 1 aliphatic heterocycles. The number of imidazole rings is 1. The Balaban J connectivity index is 1.78. The van der Waals surface area contributed by atoms with Crippen LogP contribution >= 0.6 is 0 Å². The minimum Gasteiger partial charge on any atom is -0.333 e. The van der Waals surface area contributed by atoms with E-state index in [2.05, 4.69) is 21.6 Å². The van der Waals surface area contributed by atoms with E-state index >= 15 is 0 Å². The molecule has 6 heteroatoms. The van der Waals surface area contributed by atoms with Gasteiger partial charge in [0.05, 0.1) is 11.6 Å². The van der Waals surface area contributed by atoms with E-state index in [0.717, 1.165) is 42.7 Å². The second kappa shape index (κ2) is 5.78. The Morgan fingerprint density at radius 1 is 1.29 bits per heavy atom. The number of fused-ring (bicyclic) bond motifs is 2. The van der Waals surface area contributed by atoms with Crippen LogP contribution < -0.4 is 0 Å². The average Bonchev–Trinajstić information content (AvgIpc) is 3.15. The molecule has 0 aliphatic carbocycles. The Kier molecular flexibility index (Phi) is 3.59. The highest BCUT2D eigenvalue weighted by atomic mass is 16.2. The van der Waals surface area contributed by atoms with E-state index in [1.807, 2.05) is 48.6 Å². The highest BCUT2D eigenvalue weighted by Crippen LogP contribution is 2.29. The lowest BCUT2D eigenvalue weighted by atomic mass is 10.1. The van der Waals surface area contributed by atoms with E-state index in [1.54, 1.807) is 4.68 Å². The van der Waals surface area contributed by atoms with Crippen molar-refractivity contribution in [1.82, 2.24) is 24.2 Å². The molecule has 3 aromatic rings. The number of para-hydroxylation sites is 1. The molecule has 6 nitrogen and oxygen atoms in total. The van der Waals surface area contributed by atoms with Crippen molar-refractivity contribution in [1.29, 1.82) is 0 Å². The summed E-state index contributed by atoms with van der Waals surface area (Å²) < 4.78 is 3.94. The molecule has 1 aromatic carbocycles. The third-order valence-corrected chi connectivity index (χ3v) is 4.83. The normalized spacial score (nSPS) is 17.8. The van der Waals surface area contributed by atoms with Gasteiger partial charge >= 0.3 is 0 Å². The van der Waals surface area contributed by atoms with Crippen molar-refractivity contribution >= 4 is 16.8 Å². The molecule has 24 heavy (non-hydrogen) atoms. The minimum atomic E-state index is -0.00454. The second-order valence-electron chi connectivity index (χ2n) is 6.24. The first-order chi connectivity index (χ1) is 11.7. The molecular formula is C18H21N5O. The SMILES string of the molecule is CCC1c2nccn2CCCN1C(=O)c1nn(C)c2ccccc12.